The van der Waals surface area contributed by atoms with Crippen LogP contribution in [0, 0.1) is 0 Å². The van der Waals surface area contributed by atoms with E-state index in [-0.39, 0.29) is 17.4 Å². The Bertz CT molecular complexity index is 1040. The van der Waals surface area contributed by atoms with Gasteiger partial charge in [-0.15, -0.1) is 0 Å². The molecule has 3 heterocycles. The molecule has 3 aromatic rings. The Morgan fingerprint density at radius 1 is 1.14 bits per heavy atom. The first kappa shape index (κ1) is 19.5. The molecule has 0 bridgehead atoms. The summed E-state index contributed by atoms with van der Waals surface area (Å²) in [6, 6.07) is 3.71. The van der Waals surface area contributed by atoms with E-state index in [9.17, 15) is 23.1 Å². The van der Waals surface area contributed by atoms with Gasteiger partial charge in [0.05, 0.1) is 12.2 Å². The summed E-state index contributed by atoms with van der Waals surface area (Å²) in [6.07, 6.45) is -0.688. The minimum absolute atomic E-state index is 0.0320. The molecule has 0 amide bonds. The summed E-state index contributed by atoms with van der Waals surface area (Å²) in [5.41, 5.74) is 0.815. The lowest BCUT2D eigenvalue weighted by Gasteiger charge is -2.09. The zero-order valence-electron chi connectivity index (χ0n) is 13.9. The highest BCUT2D eigenvalue weighted by Gasteiger charge is 2.28. The number of ether oxygens (including phenoxy) is 1. The van der Waals surface area contributed by atoms with Crippen LogP contribution in [0.1, 0.15) is 5.56 Å². The van der Waals surface area contributed by atoms with Crippen molar-refractivity contribution >= 4 is 11.6 Å². The van der Waals surface area contributed by atoms with E-state index < -0.39 is 24.4 Å². The van der Waals surface area contributed by atoms with Gasteiger partial charge in [-0.25, -0.2) is 19.6 Å². The Labute approximate surface area is 160 Å². The first-order chi connectivity index (χ1) is 13.2. The second-order valence-corrected chi connectivity index (χ2v) is 5.93. The maximum atomic E-state index is 12.1. The minimum atomic E-state index is -4.49. The summed E-state index contributed by atoms with van der Waals surface area (Å²) in [5, 5.41) is 13.6. The van der Waals surface area contributed by atoms with Gasteiger partial charge in [-0.3, -0.25) is 4.79 Å². The highest BCUT2D eigenvalue weighted by atomic mass is 35.5. The first-order valence-corrected chi connectivity index (χ1v) is 8.02. The number of hydrogen-bond donors (Lipinski definition) is 1. The van der Waals surface area contributed by atoms with Gasteiger partial charge >= 0.3 is 12.2 Å². The Kier molecular flexibility index (Phi) is 5.45. The standard InChI is InChI=1S/C16H11ClF3N5O3/c17-11-3-9(4-21-14(11)27)7-25-13(26)2-1-12(24-25)10-5-22-15(23-6-10)28-8-16(18,19)20/h1-6H,7-8H2,(H,21,27). The molecule has 0 aliphatic rings. The lowest BCUT2D eigenvalue weighted by Crippen LogP contribution is -2.23. The topological polar surface area (TPSA) is 103 Å². The predicted octanol–water partition coefficient (Wildman–Crippen LogP) is 2.44. The number of nitrogens with zero attached hydrogens (tertiary/aromatic N) is 5. The molecule has 0 aromatic carbocycles. The molecule has 3 aromatic heterocycles. The normalized spacial score (nSPS) is 11.4. The number of pyridine rings is 1. The Morgan fingerprint density at radius 3 is 2.50 bits per heavy atom. The second kappa shape index (κ2) is 7.80. The van der Waals surface area contributed by atoms with Gasteiger partial charge in [0, 0.05) is 30.2 Å². The maximum absolute atomic E-state index is 12.1. The van der Waals surface area contributed by atoms with E-state index in [0.29, 0.717) is 16.8 Å². The van der Waals surface area contributed by atoms with Crippen molar-refractivity contribution in [2.45, 2.75) is 12.7 Å². The van der Waals surface area contributed by atoms with E-state index in [1.54, 1.807) is 0 Å². The van der Waals surface area contributed by atoms with Crippen molar-refractivity contribution in [3.63, 3.8) is 0 Å². The molecule has 0 saturated heterocycles. The third kappa shape index (κ3) is 4.94. The molecule has 3 rings (SSSR count). The zero-order chi connectivity index (χ0) is 20.3. The fraction of sp³-hybridized carbons (Fsp3) is 0.188. The monoisotopic (exact) mass is 413 g/mol. The fourth-order valence-electron chi connectivity index (χ4n) is 2.12. The summed E-state index contributed by atoms with van der Waals surface area (Å²) < 4.78 is 42.0. The van der Waals surface area contributed by atoms with Crippen molar-refractivity contribution in [2.24, 2.45) is 0 Å². The van der Waals surface area contributed by atoms with Crippen LogP contribution in [0.2, 0.25) is 5.02 Å². The van der Waals surface area contributed by atoms with E-state index in [0.717, 1.165) is 4.68 Å². The number of rotatable bonds is 5. The predicted molar refractivity (Wildman–Crippen MR) is 91.1 cm³/mol. The molecule has 12 heteroatoms. The number of alkyl halides is 3. The average Bonchev–Trinajstić information content (AvgIpc) is 2.65. The average molecular weight is 414 g/mol. The summed E-state index contributed by atoms with van der Waals surface area (Å²) in [6.45, 7) is -1.47. The molecule has 1 N–H and O–H groups in total. The van der Waals surface area contributed by atoms with Gasteiger partial charge in [0.2, 0.25) is 5.88 Å². The van der Waals surface area contributed by atoms with Crippen molar-refractivity contribution in [3.8, 4) is 23.1 Å². The van der Waals surface area contributed by atoms with Crippen LogP contribution in [0.3, 0.4) is 0 Å². The van der Waals surface area contributed by atoms with E-state index in [2.05, 4.69) is 24.8 Å². The third-order valence-electron chi connectivity index (χ3n) is 3.37. The van der Waals surface area contributed by atoms with Crippen molar-refractivity contribution in [2.75, 3.05) is 6.61 Å². The lowest BCUT2D eigenvalue weighted by atomic mass is 10.2. The van der Waals surface area contributed by atoms with Crippen LogP contribution >= 0.6 is 11.6 Å². The fourth-order valence-corrected chi connectivity index (χ4v) is 2.30. The molecule has 0 spiro atoms. The molecule has 0 radical (unpaired) electrons. The van der Waals surface area contributed by atoms with Crippen LogP contribution in [-0.4, -0.2) is 42.6 Å². The smallest absolute Gasteiger partial charge is 0.422 e. The Morgan fingerprint density at radius 2 is 1.86 bits per heavy atom. The van der Waals surface area contributed by atoms with Gasteiger partial charge < -0.3 is 9.84 Å². The number of aromatic nitrogens is 5. The van der Waals surface area contributed by atoms with E-state index in [4.69, 9.17) is 11.6 Å². The Hall–Kier alpha value is -3.21. The molecular weight excluding hydrogens is 403 g/mol. The summed E-state index contributed by atoms with van der Waals surface area (Å²) in [7, 11) is 0. The highest BCUT2D eigenvalue weighted by molar-refractivity contribution is 6.31. The largest absolute Gasteiger partial charge is 0.492 e. The van der Waals surface area contributed by atoms with Crippen molar-refractivity contribution in [3.05, 3.63) is 57.7 Å². The molecule has 0 unspecified atom stereocenters. The maximum Gasteiger partial charge on any atom is 0.422 e. The number of halogens is 4. The van der Waals surface area contributed by atoms with Crippen LogP contribution < -0.4 is 10.3 Å². The van der Waals surface area contributed by atoms with Crippen LogP contribution in [-0.2, 0) is 6.54 Å². The molecule has 0 aliphatic heterocycles. The summed E-state index contributed by atoms with van der Waals surface area (Å²) in [5.74, 6) is -0.329. The van der Waals surface area contributed by atoms with Crippen LogP contribution in [0.25, 0.3) is 11.3 Å². The van der Waals surface area contributed by atoms with E-state index in [1.165, 1.54) is 36.8 Å². The van der Waals surface area contributed by atoms with Gasteiger partial charge in [-0.05, 0) is 17.7 Å². The van der Waals surface area contributed by atoms with Gasteiger partial charge in [-0.2, -0.15) is 18.3 Å². The molecule has 8 nitrogen and oxygen atoms in total. The van der Waals surface area contributed by atoms with E-state index in [1.807, 2.05) is 0 Å². The molecule has 0 aliphatic carbocycles. The number of hydrogen-bond acceptors (Lipinski definition) is 7. The minimum Gasteiger partial charge on any atom is -0.492 e. The molecule has 0 atom stereocenters. The van der Waals surface area contributed by atoms with Crippen molar-refractivity contribution in [1.29, 1.82) is 0 Å². The first-order valence-electron chi connectivity index (χ1n) is 7.65. The van der Waals surface area contributed by atoms with Gasteiger partial charge in [0.25, 0.3) is 5.56 Å². The SMILES string of the molecule is O=c1ccc(-c2cnc(OCC(F)(F)F)nc2)nn1Cc1cnc(O)c(Cl)c1. The van der Waals surface area contributed by atoms with Crippen LogP contribution in [0.5, 0.6) is 11.9 Å². The molecule has 0 fully saturated rings. The summed E-state index contributed by atoms with van der Waals surface area (Å²) in [4.78, 5) is 23.1. The van der Waals surface area contributed by atoms with Crippen LogP contribution in [0.4, 0.5) is 13.2 Å². The summed E-state index contributed by atoms with van der Waals surface area (Å²) >= 11 is 5.80. The molecular formula is C16H11ClF3N5O3. The zero-order valence-corrected chi connectivity index (χ0v) is 14.6. The third-order valence-corrected chi connectivity index (χ3v) is 3.64. The Balaban J connectivity index is 1.80. The lowest BCUT2D eigenvalue weighted by molar-refractivity contribution is -0.154. The number of aromatic hydroxyl groups is 1. The molecule has 0 saturated carbocycles. The van der Waals surface area contributed by atoms with Gasteiger partial charge in [-0.1, -0.05) is 11.6 Å². The van der Waals surface area contributed by atoms with Gasteiger partial charge in [0.15, 0.2) is 6.61 Å². The second-order valence-electron chi connectivity index (χ2n) is 5.52. The van der Waals surface area contributed by atoms with Crippen molar-refractivity contribution < 1.29 is 23.0 Å². The highest BCUT2D eigenvalue weighted by Crippen LogP contribution is 2.21. The van der Waals surface area contributed by atoms with Crippen LogP contribution in [0.15, 0.2) is 41.6 Å². The van der Waals surface area contributed by atoms with Gasteiger partial charge in [0.1, 0.15) is 5.02 Å². The molecule has 28 heavy (non-hydrogen) atoms. The van der Waals surface area contributed by atoms with E-state index >= 15 is 0 Å². The molecule has 146 valence electrons. The quantitative estimate of drug-likeness (QED) is 0.685. The van der Waals surface area contributed by atoms with Crippen molar-refractivity contribution in [1.82, 2.24) is 24.7 Å².